The van der Waals surface area contributed by atoms with E-state index in [1.807, 2.05) is 18.4 Å². The molecule has 5 nitrogen and oxygen atoms in total. The molecule has 0 spiro atoms. The molecule has 1 atom stereocenters. The lowest BCUT2D eigenvalue weighted by atomic mass is 9.93. The van der Waals surface area contributed by atoms with Gasteiger partial charge in [0.1, 0.15) is 5.54 Å². The molecule has 0 fully saturated rings. The third-order valence-electron chi connectivity index (χ3n) is 4.50. The maximum absolute atomic E-state index is 12.5. The van der Waals surface area contributed by atoms with Crippen LogP contribution in [0, 0.1) is 0 Å². The second-order valence-corrected chi connectivity index (χ2v) is 6.44. The molecule has 1 aliphatic heterocycles. The summed E-state index contributed by atoms with van der Waals surface area (Å²) < 4.78 is 0. The zero-order chi connectivity index (χ0) is 15.6. The third kappa shape index (κ3) is 2.77. The van der Waals surface area contributed by atoms with Crippen LogP contribution in [-0.2, 0) is 11.2 Å². The van der Waals surface area contributed by atoms with E-state index in [2.05, 4.69) is 5.32 Å². The minimum atomic E-state index is -1.17. The summed E-state index contributed by atoms with van der Waals surface area (Å²) in [5, 5.41) is 14.2. The maximum Gasteiger partial charge on any atom is 0.329 e. The third-order valence-corrected chi connectivity index (χ3v) is 5.50. The number of aliphatic carboxylic acids is 1. The van der Waals surface area contributed by atoms with E-state index in [0.717, 1.165) is 6.42 Å². The summed E-state index contributed by atoms with van der Waals surface area (Å²) in [5.74, 6) is -0.971. The molecule has 0 saturated carbocycles. The van der Waals surface area contributed by atoms with Crippen molar-refractivity contribution < 1.29 is 14.7 Å². The van der Waals surface area contributed by atoms with Crippen LogP contribution in [0.5, 0.6) is 0 Å². The van der Waals surface area contributed by atoms with E-state index in [1.165, 1.54) is 10.4 Å². The smallest absolute Gasteiger partial charge is 0.329 e. The van der Waals surface area contributed by atoms with Gasteiger partial charge in [0.15, 0.2) is 0 Å². The van der Waals surface area contributed by atoms with Crippen molar-refractivity contribution in [2.45, 2.75) is 51.6 Å². The highest BCUT2D eigenvalue weighted by Gasteiger charge is 2.39. The maximum atomic E-state index is 12.5. The van der Waals surface area contributed by atoms with Crippen LogP contribution in [0.4, 0.5) is 4.79 Å². The van der Waals surface area contributed by atoms with Crippen molar-refractivity contribution in [1.29, 1.82) is 0 Å². The Balaban J connectivity index is 2.16. The fraction of sp³-hybridized carbons (Fsp3) is 0.600. The van der Waals surface area contributed by atoms with Gasteiger partial charge in [-0.3, -0.25) is 0 Å². The molecule has 2 heterocycles. The van der Waals surface area contributed by atoms with Crippen LogP contribution in [0.25, 0.3) is 0 Å². The monoisotopic (exact) mass is 310 g/mol. The molecule has 0 bridgehead atoms. The van der Waals surface area contributed by atoms with Crippen LogP contribution in [-0.4, -0.2) is 34.1 Å². The predicted octanol–water partition coefficient (Wildman–Crippen LogP) is 3.02. The predicted molar refractivity (Wildman–Crippen MR) is 82.6 cm³/mol. The van der Waals surface area contributed by atoms with Crippen LogP contribution in [0.2, 0.25) is 0 Å². The number of carbonyl (C=O) groups is 2. The Labute approximate surface area is 129 Å². The van der Waals surface area contributed by atoms with E-state index in [9.17, 15) is 14.7 Å². The van der Waals surface area contributed by atoms with Crippen LogP contribution in [0.1, 0.15) is 50.1 Å². The Morgan fingerprint density at radius 2 is 2.14 bits per heavy atom. The molecule has 2 N–H and O–H groups in total. The van der Waals surface area contributed by atoms with E-state index >= 15 is 0 Å². The van der Waals surface area contributed by atoms with Crippen LogP contribution >= 0.6 is 11.3 Å². The van der Waals surface area contributed by atoms with Gasteiger partial charge in [0.25, 0.3) is 0 Å². The number of thiophene rings is 1. The molecular formula is C15H22N2O3S. The summed E-state index contributed by atoms with van der Waals surface area (Å²) in [6.45, 7) is 6.19. The molecule has 1 aromatic heterocycles. The van der Waals surface area contributed by atoms with Gasteiger partial charge in [-0.25, -0.2) is 9.59 Å². The first kappa shape index (κ1) is 15.8. The largest absolute Gasteiger partial charge is 0.480 e. The quantitative estimate of drug-likeness (QED) is 0.898. The molecule has 0 aliphatic carbocycles. The lowest BCUT2D eigenvalue weighted by molar-refractivity contribution is -0.144. The summed E-state index contributed by atoms with van der Waals surface area (Å²) >= 11 is 1.72. The van der Waals surface area contributed by atoms with Crippen LogP contribution in [0.15, 0.2) is 11.4 Å². The average molecular weight is 310 g/mol. The fourth-order valence-electron chi connectivity index (χ4n) is 2.85. The number of hydrogen-bond donors (Lipinski definition) is 2. The van der Waals surface area contributed by atoms with Gasteiger partial charge >= 0.3 is 12.0 Å². The molecule has 1 aromatic rings. The number of fused-ring (bicyclic) bond motifs is 1. The van der Waals surface area contributed by atoms with Crippen molar-refractivity contribution in [3.63, 3.8) is 0 Å². The van der Waals surface area contributed by atoms with Gasteiger partial charge in [0, 0.05) is 11.4 Å². The van der Waals surface area contributed by atoms with Gasteiger partial charge in [-0.1, -0.05) is 13.8 Å². The summed E-state index contributed by atoms with van der Waals surface area (Å²) in [5.41, 5.74) is 0.00135. The number of amides is 2. The summed E-state index contributed by atoms with van der Waals surface area (Å²) in [4.78, 5) is 27.1. The zero-order valence-electron chi connectivity index (χ0n) is 12.7. The van der Waals surface area contributed by atoms with Crippen LogP contribution < -0.4 is 5.32 Å². The molecule has 116 valence electrons. The summed E-state index contributed by atoms with van der Waals surface area (Å²) in [6.07, 6.45) is 1.58. The van der Waals surface area contributed by atoms with Crippen molar-refractivity contribution in [1.82, 2.24) is 10.2 Å². The Kier molecular flexibility index (Phi) is 4.56. The fourth-order valence-corrected chi connectivity index (χ4v) is 3.81. The molecule has 1 unspecified atom stereocenters. The lowest BCUT2D eigenvalue weighted by Crippen LogP contribution is -2.58. The van der Waals surface area contributed by atoms with E-state index < -0.39 is 11.5 Å². The minimum Gasteiger partial charge on any atom is -0.480 e. The number of nitrogens with one attached hydrogen (secondary N) is 1. The Morgan fingerprint density at radius 1 is 1.48 bits per heavy atom. The van der Waals surface area contributed by atoms with E-state index in [0.29, 0.717) is 19.4 Å². The molecule has 0 radical (unpaired) electrons. The van der Waals surface area contributed by atoms with Gasteiger partial charge in [0.2, 0.25) is 0 Å². The number of carboxylic acid groups (broad SMARTS) is 1. The normalized spacial score (nSPS) is 18.2. The SMILES string of the molecule is CCC(CC)(NC(=O)N1CCc2sccc2C1C)C(=O)O. The molecular weight excluding hydrogens is 288 g/mol. The van der Waals surface area contributed by atoms with Crippen molar-refractivity contribution >= 4 is 23.3 Å². The number of urea groups is 1. The molecule has 6 heteroatoms. The molecule has 21 heavy (non-hydrogen) atoms. The first-order chi connectivity index (χ1) is 9.95. The van der Waals surface area contributed by atoms with Gasteiger partial charge in [-0.05, 0) is 43.2 Å². The van der Waals surface area contributed by atoms with Gasteiger partial charge in [-0.2, -0.15) is 0 Å². The number of rotatable bonds is 4. The van der Waals surface area contributed by atoms with E-state index in [1.54, 1.807) is 30.1 Å². The Hall–Kier alpha value is -1.56. The minimum absolute atomic E-state index is 0.0137. The first-order valence-electron chi connectivity index (χ1n) is 7.33. The number of carboxylic acids is 1. The molecule has 0 aromatic carbocycles. The Morgan fingerprint density at radius 3 is 2.71 bits per heavy atom. The number of carbonyl (C=O) groups excluding carboxylic acids is 1. The van der Waals surface area contributed by atoms with Gasteiger partial charge < -0.3 is 15.3 Å². The molecule has 0 saturated heterocycles. The standard InChI is InChI=1S/C15H22N2O3S/c1-4-15(5-2,13(18)19)16-14(20)17-8-6-12-11(10(17)3)7-9-21-12/h7,9-10H,4-6,8H2,1-3H3,(H,16,20)(H,18,19). The highest BCUT2D eigenvalue weighted by atomic mass is 32.1. The van der Waals surface area contributed by atoms with E-state index in [4.69, 9.17) is 0 Å². The highest BCUT2D eigenvalue weighted by Crippen LogP contribution is 2.33. The second kappa shape index (κ2) is 6.05. The second-order valence-electron chi connectivity index (χ2n) is 5.44. The average Bonchev–Trinajstić information content (AvgIpc) is 2.94. The summed E-state index contributed by atoms with van der Waals surface area (Å²) in [7, 11) is 0. The number of hydrogen-bond acceptors (Lipinski definition) is 3. The molecule has 1 aliphatic rings. The number of nitrogens with zero attached hydrogens (tertiary/aromatic N) is 1. The first-order valence-corrected chi connectivity index (χ1v) is 8.21. The zero-order valence-corrected chi connectivity index (χ0v) is 13.5. The van der Waals surface area contributed by atoms with Crippen molar-refractivity contribution in [2.75, 3.05) is 6.54 Å². The van der Waals surface area contributed by atoms with Gasteiger partial charge in [0.05, 0.1) is 6.04 Å². The topological polar surface area (TPSA) is 69.6 Å². The van der Waals surface area contributed by atoms with Crippen LogP contribution in [0.3, 0.4) is 0 Å². The van der Waals surface area contributed by atoms with E-state index in [-0.39, 0.29) is 12.1 Å². The highest BCUT2D eigenvalue weighted by molar-refractivity contribution is 7.10. The molecule has 2 amide bonds. The van der Waals surface area contributed by atoms with Gasteiger partial charge in [-0.15, -0.1) is 11.3 Å². The lowest BCUT2D eigenvalue weighted by Gasteiger charge is -2.37. The van der Waals surface area contributed by atoms with Crippen molar-refractivity contribution in [2.24, 2.45) is 0 Å². The molecule has 2 rings (SSSR count). The van der Waals surface area contributed by atoms with Crippen molar-refractivity contribution in [3.8, 4) is 0 Å². The summed E-state index contributed by atoms with van der Waals surface area (Å²) in [6, 6.07) is 1.75. The van der Waals surface area contributed by atoms with Crippen molar-refractivity contribution in [3.05, 3.63) is 21.9 Å². The Bertz CT molecular complexity index is 537.